The molecule has 2 heterocycles. The van der Waals surface area contributed by atoms with Crippen molar-refractivity contribution in [1.82, 2.24) is 14.8 Å². The number of carbonyl (C=O) groups is 1. The number of amides is 1. The van der Waals surface area contributed by atoms with E-state index in [1.165, 1.54) is 17.1 Å². The summed E-state index contributed by atoms with van der Waals surface area (Å²) in [4.78, 5) is 11.8. The van der Waals surface area contributed by atoms with E-state index < -0.39 is 30.8 Å². The zero-order valence-corrected chi connectivity index (χ0v) is 9.92. The summed E-state index contributed by atoms with van der Waals surface area (Å²) in [5.74, 6) is -0.989. The second kappa shape index (κ2) is 4.34. The van der Waals surface area contributed by atoms with Crippen molar-refractivity contribution in [3.8, 4) is 0 Å². The van der Waals surface area contributed by atoms with Gasteiger partial charge in [-0.15, -0.1) is 0 Å². The van der Waals surface area contributed by atoms with Gasteiger partial charge >= 0.3 is 6.18 Å². The third-order valence-corrected chi connectivity index (χ3v) is 2.67. The molecule has 0 aromatic carbocycles. The SMILES string of the molecule is Cc1cnn(CC(=O)N2N=CC[C@]2(O)C(F)(F)F)c1. The van der Waals surface area contributed by atoms with Crippen LogP contribution in [0.4, 0.5) is 13.2 Å². The number of aliphatic hydroxyl groups is 1. The molecule has 19 heavy (non-hydrogen) atoms. The zero-order valence-electron chi connectivity index (χ0n) is 9.92. The molecule has 0 saturated carbocycles. The van der Waals surface area contributed by atoms with Crippen LogP contribution < -0.4 is 0 Å². The molecule has 0 unspecified atom stereocenters. The first-order chi connectivity index (χ1) is 8.74. The minimum Gasteiger partial charge on any atom is -0.362 e. The molecule has 0 bridgehead atoms. The lowest BCUT2D eigenvalue weighted by molar-refractivity contribution is -0.302. The first kappa shape index (κ1) is 13.5. The maximum atomic E-state index is 12.8. The topological polar surface area (TPSA) is 70.7 Å². The van der Waals surface area contributed by atoms with Crippen LogP contribution in [-0.2, 0) is 11.3 Å². The van der Waals surface area contributed by atoms with Crippen LogP contribution in [0.15, 0.2) is 17.5 Å². The van der Waals surface area contributed by atoms with Crippen molar-refractivity contribution in [2.45, 2.75) is 31.8 Å². The molecular formula is C10H11F3N4O2. The summed E-state index contributed by atoms with van der Waals surface area (Å²) in [6.07, 6.45) is -1.92. The van der Waals surface area contributed by atoms with Crippen molar-refractivity contribution < 1.29 is 23.1 Å². The zero-order chi connectivity index (χ0) is 14.3. The Morgan fingerprint density at radius 3 is 2.79 bits per heavy atom. The Hall–Kier alpha value is -1.90. The number of nitrogens with zero attached hydrogens (tertiary/aromatic N) is 4. The predicted molar refractivity (Wildman–Crippen MR) is 57.9 cm³/mol. The van der Waals surface area contributed by atoms with E-state index in [2.05, 4.69) is 10.2 Å². The van der Waals surface area contributed by atoms with Gasteiger partial charge in [0.1, 0.15) is 6.54 Å². The first-order valence-electron chi connectivity index (χ1n) is 5.38. The monoisotopic (exact) mass is 276 g/mol. The van der Waals surface area contributed by atoms with Crippen LogP contribution in [0.1, 0.15) is 12.0 Å². The number of carbonyl (C=O) groups excluding carboxylic acids is 1. The first-order valence-corrected chi connectivity index (χ1v) is 5.38. The third-order valence-electron chi connectivity index (χ3n) is 2.67. The second-order valence-electron chi connectivity index (χ2n) is 4.24. The Balaban J connectivity index is 2.16. The fraction of sp³-hybridized carbons (Fsp3) is 0.500. The smallest absolute Gasteiger partial charge is 0.362 e. The van der Waals surface area contributed by atoms with Gasteiger partial charge in [0.25, 0.3) is 11.6 Å². The van der Waals surface area contributed by atoms with Gasteiger partial charge in [-0.05, 0) is 12.5 Å². The molecule has 0 fully saturated rings. The minimum absolute atomic E-state index is 0.0595. The van der Waals surface area contributed by atoms with E-state index in [4.69, 9.17) is 0 Å². The Morgan fingerprint density at radius 2 is 2.26 bits per heavy atom. The highest BCUT2D eigenvalue weighted by Crippen LogP contribution is 2.38. The molecule has 1 aliphatic heterocycles. The molecule has 0 saturated heterocycles. The van der Waals surface area contributed by atoms with Crippen LogP contribution in [0.3, 0.4) is 0 Å². The van der Waals surface area contributed by atoms with Crippen molar-refractivity contribution in [3.05, 3.63) is 18.0 Å². The van der Waals surface area contributed by atoms with Gasteiger partial charge in [0, 0.05) is 18.8 Å². The molecule has 6 nitrogen and oxygen atoms in total. The Bertz CT molecular complexity index is 525. The second-order valence-corrected chi connectivity index (χ2v) is 4.24. The van der Waals surface area contributed by atoms with Gasteiger partial charge in [0.2, 0.25) is 0 Å². The fourth-order valence-corrected chi connectivity index (χ4v) is 1.70. The van der Waals surface area contributed by atoms with Gasteiger partial charge in [-0.25, -0.2) is 0 Å². The van der Waals surface area contributed by atoms with Gasteiger partial charge in [-0.3, -0.25) is 9.48 Å². The highest BCUT2D eigenvalue weighted by Gasteiger charge is 2.61. The number of rotatable bonds is 2. The van der Waals surface area contributed by atoms with Crippen molar-refractivity contribution in [2.24, 2.45) is 5.10 Å². The van der Waals surface area contributed by atoms with Gasteiger partial charge in [-0.2, -0.15) is 28.4 Å². The molecule has 0 radical (unpaired) electrons. The number of hydrogen-bond acceptors (Lipinski definition) is 4. The molecule has 1 aromatic heterocycles. The summed E-state index contributed by atoms with van der Waals surface area (Å²) < 4.78 is 39.4. The average Bonchev–Trinajstić information content (AvgIpc) is 2.85. The van der Waals surface area contributed by atoms with Crippen molar-refractivity contribution in [2.75, 3.05) is 0 Å². The summed E-state index contributed by atoms with van der Waals surface area (Å²) >= 11 is 0. The highest BCUT2D eigenvalue weighted by molar-refractivity contribution is 5.80. The van der Waals surface area contributed by atoms with Crippen LogP contribution >= 0.6 is 0 Å². The van der Waals surface area contributed by atoms with Crippen LogP contribution in [0.5, 0.6) is 0 Å². The maximum absolute atomic E-state index is 12.8. The largest absolute Gasteiger partial charge is 0.438 e. The summed E-state index contributed by atoms with van der Waals surface area (Å²) in [6, 6.07) is 0. The number of alkyl halides is 3. The third kappa shape index (κ3) is 2.33. The van der Waals surface area contributed by atoms with Crippen molar-refractivity contribution >= 4 is 12.1 Å². The van der Waals surface area contributed by atoms with Crippen LogP contribution in [0, 0.1) is 6.92 Å². The lowest BCUT2D eigenvalue weighted by Crippen LogP contribution is -2.57. The lowest BCUT2D eigenvalue weighted by atomic mass is 10.1. The van der Waals surface area contributed by atoms with Gasteiger partial charge in [0.15, 0.2) is 0 Å². The summed E-state index contributed by atoms with van der Waals surface area (Å²) in [5.41, 5.74) is -2.50. The summed E-state index contributed by atoms with van der Waals surface area (Å²) in [6.45, 7) is 1.30. The molecule has 2 rings (SSSR count). The van der Waals surface area contributed by atoms with E-state index in [1.807, 2.05) is 0 Å². The molecule has 0 spiro atoms. The molecule has 1 N–H and O–H groups in total. The van der Waals surface area contributed by atoms with E-state index in [1.54, 1.807) is 6.92 Å². The molecule has 1 aliphatic rings. The van der Waals surface area contributed by atoms with Crippen molar-refractivity contribution in [1.29, 1.82) is 0 Å². The number of hydrogen-bond donors (Lipinski definition) is 1. The van der Waals surface area contributed by atoms with Crippen molar-refractivity contribution in [3.63, 3.8) is 0 Å². The molecule has 9 heteroatoms. The predicted octanol–water partition coefficient (Wildman–Crippen LogP) is 0.661. The van der Waals surface area contributed by atoms with E-state index >= 15 is 0 Å². The number of hydrazone groups is 1. The molecule has 0 aliphatic carbocycles. The van der Waals surface area contributed by atoms with Gasteiger partial charge in [-0.1, -0.05) is 0 Å². The van der Waals surface area contributed by atoms with E-state index in [0.717, 1.165) is 11.8 Å². The van der Waals surface area contributed by atoms with E-state index in [-0.39, 0.29) is 5.01 Å². The molecule has 104 valence electrons. The van der Waals surface area contributed by atoms with Gasteiger partial charge in [0.05, 0.1) is 6.20 Å². The quantitative estimate of drug-likeness (QED) is 0.862. The molecule has 1 aromatic rings. The van der Waals surface area contributed by atoms with E-state index in [9.17, 15) is 23.1 Å². The minimum atomic E-state index is -4.97. The van der Waals surface area contributed by atoms with Crippen LogP contribution in [0.2, 0.25) is 0 Å². The fourth-order valence-electron chi connectivity index (χ4n) is 1.70. The standard InChI is InChI=1S/C10H11F3N4O2/c1-7-4-15-16(5-7)6-8(18)17-9(19,2-3-14-17)10(11,12)13/h3-5,19H,2,6H2,1H3/t9-/m0/s1. The summed E-state index contributed by atoms with van der Waals surface area (Å²) in [7, 11) is 0. The number of aromatic nitrogens is 2. The Morgan fingerprint density at radius 1 is 1.58 bits per heavy atom. The molecule has 1 amide bonds. The highest BCUT2D eigenvalue weighted by atomic mass is 19.4. The molecular weight excluding hydrogens is 265 g/mol. The lowest BCUT2D eigenvalue weighted by Gasteiger charge is -2.32. The van der Waals surface area contributed by atoms with E-state index in [0.29, 0.717) is 0 Å². The average molecular weight is 276 g/mol. The molecule has 1 atom stereocenters. The number of aryl methyl sites for hydroxylation is 1. The van der Waals surface area contributed by atoms with Gasteiger partial charge < -0.3 is 5.11 Å². The Kier molecular flexibility index (Phi) is 3.09. The maximum Gasteiger partial charge on any atom is 0.438 e. The summed E-state index contributed by atoms with van der Waals surface area (Å²) in [5, 5.41) is 16.7. The van der Waals surface area contributed by atoms with Crippen LogP contribution in [-0.4, -0.2) is 43.9 Å². The van der Waals surface area contributed by atoms with Crippen LogP contribution in [0.25, 0.3) is 0 Å². The number of halogens is 3. The normalized spacial score (nSPS) is 23.1. The Labute approximate surface area is 106 Å².